The minimum atomic E-state index is 0.0909. The lowest BCUT2D eigenvalue weighted by Gasteiger charge is -2.23. The predicted octanol–water partition coefficient (Wildman–Crippen LogP) is 3.28. The van der Waals surface area contributed by atoms with Crippen molar-refractivity contribution >= 4 is 11.8 Å². The van der Waals surface area contributed by atoms with Crippen LogP contribution >= 0.6 is 0 Å². The molecule has 126 valence electrons. The van der Waals surface area contributed by atoms with Gasteiger partial charge in [-0.25, -0.2) is 0 Å². The first kappa shape index (κ1) is 18.7. The maximum atomic E-state index is 11.9. The number of carbonyl (C=O) groups is 2. The van der Waals surface area contributed by atoms with Crippen LogP contribution in [0, 0.1) is 5.92 Å². The van der Waals surface area contributed by atoms with Crippen LogP contribution in [0.3, 0.4) is 0 Å². The average Bonchev–Trinajstić information content (AvgIpc) is 2.52. The summed E-state index contributed by atoms with van der Waals surface area (Å²) in [4.78, 5) is 25.5. The van der Waals surface area contributed by atoms with Gasteiger partial charge in [0.25, 0.3) is 0 Å². The van der Waals surface area contributed by atoms with Crippen LogP contribution in [0.5, 0.6) is 0 Å². The van der Waals surface area contributed by atoms with Crippen molar-refractivity contribution in [2.24, 2.45) is 5.92 Å². The molecule has 0 spiro atoms. The summed E-state index contributed by atoms with van der Waals surface area (Å²) in [5.74, 6) is 0.301. The molecule has 2 amide bonds. The molecule has 0 saturated heterocycles. The average molecular weight is 308 g/mol. The van der Waals surface area contributed by atoms with Crippen LogP contribution in [-0.2, 0) is 9.59 Å². The Morgan fingerprint density at radius 2 is 1.95 bits per heavy atom. The largest absolute Gasteiger partial charge is 0.354 e. The maximum absolute atomic E-state index is 11.9. The highest BCUT2D eigenvalue weighted by atomic mass is 16.2. The summed E-state index contributed by atoms with van der Waals surface area (Å²) >= 11 is 0. The fourth-order valence-electron chi connectivity index (χ4n) is 2.95. The van der Waals surface area contributed by atoms with Crippen LogP contribution in [0.25, 0.3) is 0 Å². The highest BCUT2D eigenvalue weighted by Gasteiger charge is 2.15. The molecule has 0 bridgehead atoms. The Kier molecular flexibility index (Phi) is 8.86. The number of rotatable bonds is 9. The zero-order valence-electron chi connectivity index (χ0n) is 14.5. The Bertz CT molecular complexity index is 387. The number of hydrogen-bond donors (Lipinski definition) is 1. The van der Waals surface area contributed by atoms with Crippen LogP contribution < -0.4 is 5.32 Å². The maximum Gasteiger partial charge on any atom is 0.223 e. The van der Waals surface area contributed by atoms with E-state index >= 15 is 0 Å². The molecule has 0 aromatic rings. The van der Waals surface area contributed by atoms with Gasteiger partial charge in [0.15, 0.2) is 0 Å². The molecule has 0 aliphatic heterocycles. The molecule has 1 N–H and O–H groups in total. The van der Waals surface area contributed by atoms with E-state index in [0.717, 1.165) is 25.8 Å². The molecule has 0 saturated carbocycles. The van der Waals surface area contributed by atoms with Gasteiger partial charge in [-0.15, -0.1) is 0 Å². The van der Waals surface area contributed by atoms with E-state index in [2.05, 4.69) is 11.4 Å². The minimum Gasteiger partial charge on any atom is -0.354 e. The number of allylic oxidation sites excluding steroid dienone is 1. The summed E-state index contributed by atoms with van der Waals surface area (Å²) in [7, 11) is 0. The predicted molar refractivity (Wildman–Crippen MR) is 90.5 cm³/mol. The second-order valence-corrected chi connectivity index (χ2v) is 6.17. The van der Waals surface area contributed by atoms with Gasteiger partial charge in [-0.3, -0.25) is 9.59 Å². The zero-order chi connectivity index (χ0) is 16.4. The van der Waals surface area contributed by atoms with Crippen molar-refractivity contribution in [3.8, 4) is 0 Å². The Hall–Kier alpha value is -1.32. The third-order valence-corrected chi connectivity index (χ3v) is 4.57. The van der Waals surface area contributed by atoms with Gasteiger partial charge in [0.1, 0.15) is 0 Å². The van der Waals surface area contributed by atoms with Crippen LogP contribution in [0.2, 0.25) is 0 Å². The normalized spacial score (nSPS) is 14.6. The lowest BCUT2D eigenvalue weighted by atomic mass is 9.97. The molecule has 1 aliphatic carbocycles. The van der Waals surface area contributed by atoms with E-state index in [1.807, 2.05) is 18.7 Å². The zero-order valence-corrected chi connectivity index (χ0v) is 14.5. The molecule has 0 radical (unpaired) electrons. The molecule has 22 heavy (non-hydrogen) atoms. The molecule has 4 nitrogen and oxygen atoms in total. The summed E-state index contributed by atoms with van der Waals surface area (Å²) in [6.07, 6.45) is 9.97. The molecule has 0 atom stereocenters. The third-order valence-electron chi connectivity index (χ3n) is 4.57. The van der Waals surface area contributed by atoms with Crippen LogP contribution in [0.15, 0.2) is 11.6 Å². The fraction of sp³-hybridized carbons (Fsp3) is 0.778. The Morgan fingerprint density at radius 3 is 2.50 bits per heavy atom. The van der Waals surface area contributed by atoms with Crippen molar-refractivity contribution in [3.63, 3.8) is 0 Å². The fourth-order valence-corrected chi connectivity index (χ4v) is 2.95. The van der Waals surface area contributed by atoms with Crippen molar-refractivity contribution in [2.75, 3.05) is 19.6 Å². The van der Waals surface area contributed by atoms with E-state index in [1.165, 1.54) is 31.3 Å². The lowest BCUT2D eigenvalue weighted by Crippen LogP contribution is -2.39. The van der Waals surface area contributed by atoms with E-state index in [-0.39, 0.29) is 17.7 Å². The molecule has 0 fully saturated rings. The second-order valence-electron chi connectivity index (χ2n) is 6.17. The summed E-state index contributed by atoms with van der Waals surface area (Å²) in [5.41, 5.74) is 1.48. The first-order valence-corrected chi connectivity index (χ1v) is 8.79. The topological polar surface area (TPSA) is 49.4 Å². The lowest BCUT2D eigenvalue weighted by molar-refractivity contribution is -0.130. The molecule has 4 heteroatoms. The quantitative estimate of drug-likeness (QED) is 0.665. The Morgan fingerprint density at radius 1 is 1.23 bits per heavy atom. The van der Waals surface area contributed by atoms with E-state index < -0.39 is 0 Å². The second kappa shape index (κ2) is 10.4. The van der Waals surface area contributed by atoms with Gasteiger partial charge >= 0.3 is 0 Å². The number of amides is 2. The van der Waals surface area contributed by atoms with Gasteiger partial charge in [0, 0.05) is 32.5 Å². The molecule has 0 aromatic heterocycles. The standard InChI is InChI=1S/C18H32N2O2/c1-4-17(5-2)18(22)19-12-14-20(15(3)21)13-11-16-9-7-6-8-10-16/h9,17H,4-8,10-14H2,1-3H3,(H,19,22). The van der Waals surface area contributed by atoms with Crippen molar-refractivity contribution in [3.05, 3.63) is 11.6 Å². The molecule has 1 aliphatic rings. The van der Waals surface area contributed by atoms with E-state index in [1.54, 1.807) is 6.92 Å². The van der Waals surface area contributed by atoms with Gasteiger partial charge in [0.2, 0.25) is 11.8 Å². The van der Waals surface area contributed by atoms with Crippen LogP contribution in [-0.4, -0.2) is 36.3 Å². The summed E-state index contributed by atoms with van der Waals surface area (Å²) in [6.45, 7) is 7.60. The van der Waals surface area contributed by atoms with Crippen LogP contribution in [0.1, 0.15) is 65.7 Å². The van der Waals surface area contributed by atoms with Crippen molar-refractivity contribution < 1.29 is 9.59 Å². The van der Waals surface area contributed by atoms with E-state index in [4.69, 9.17) is 0 Å². The molecular formula is C18H32N2O2. The molecule has 0 unspecified atom stereocenters. The van der Waals surface area contributed by atoms with Gasteiger partial charge in [0.05, 0.1) is 0 Å². The van der Waals surface area contributed by atoms with Crippen LogP contribution in [0.4, 0.5) is 0 Å². The van der Waals surface area contributed by atoms with Crippen molar-refractivity contribution in [2.45, 2.75) is 65.7 Å². The van der Waals surface area contributed by atoms with Crippen molar-refractivity contribution in [1.82, 2.24) is 10.2 Å². The smallest absolute Gasteiger partial charge is 0.223 e. The molecule has 1 rings (SSSR count). The monoisotopic (exact) mass is 308 g/mol. The summed E-state index contributed by atoms with van der Waals surface area (Å²) in [5, 5.41) is 2.96. The molecular weight excluding hydrogens is 276 g/mol. The highest BCUT2D eigenvalue weighted by molar-refractivity contribution is 5.78. The summed E-state index contributed by atoms with van der Waals surface area (Å²) in [6, 6.07) is 0. The number of carbonyl (C=O) groups excluding carboxylic acids is 2. The summed E-state index contributed by atoms with van der Waals surface area (Å²) < 4.78 is 0. The first-order chi connectivity index (χ1) is 10.6. The number of nitrogens with zero attached hydrogens (tertiary/aromatic N) is 1. The van der Waals surface area contributed by atoms with Gasteiger partial charge in [-0.2, -0.15) is 0 Å². The molecule has 0 heterocycles. The minimum absolute atomic E-state index is 0.0909. The van der Waals surface area contributed by atoms with E-state index in [0.29, 0.717) is 13.1 Å². The van der Waals surface area contributed by atoms with E-state index in [9.17, 15) is 9.59 Å². The van der Waals surface area contributed by atoms with Gasteiger partial charge < -0.3 is 10.2 Å². The first-order valence-electron chi connectivity index (χ1n) is 8.79. The van der Waals surface area contributed by atoms with Gasteiger partial charge in [-0.1, -0.05) is 25.5 Å². The molecule has 0 aromatic carbocycles. The Balaban J connectivity index is 2.33. The highest BCUT2D eigenvalue weighted by Crippen LogP contribution is 2.20. The van der Waals surface area contributed by atoms with Gasteiger partial charge in [-0.05, 0) is 44.9 Å². The Labute approximate surface area is 135 Å². The SMILES string of the molecule is CCC(CC)C(=O)NCCN(CCC1=CCCCC1)C(C)=O. The number of nitrogens with one attached hydrogen (secondary N) is 1. The third kappa shape index (κ3) is 6.63. The van der Waals surface area contributed by atoms with Crippen molar-refractivity contribution in [1.29, 1.82) is 0 Å². The number of hydrogen-bond acceptors (Lipinski definition) is 2.